The van der Waals surface area contributed by atoms with E-state index in [9.17, 15) is 57.5 Å². The van der Waals surface area contributed by atoms with Crippen LogP contribution in [0.3, 0.4) is 0 Å². The molecule has 0 bridgehead atoms. The van der Waals surface area contributed by atoms with Crippen molar-refractivity contribution in [3.63, 3.8) is 0 Å². The first-order valence-electron chi connectivity index (χ1n) is 17.0. The minimum absolute atomic E-state index is 0. The summed E-state index contributed by atoms with van der Waals surface area (Å²) in [5.74, 6) is -11.1. The number of carboxylic acids is 6. The third-order valence-corrected chi connectivity index (χ3v) is 7.84. The number of rotatable bonds is 27. The average molecular weight is 997 g/mol. The number of hydrogen-bond acceptors (Lipinski definition) is 18. The van der Waals surface area contributed by atoms with Gasteiger partial charge in [0.25, 0.3) is 0 Å². The fourth-order valence-corrected chi connectivity index (χ4v) is 4.24. The Bertz CT molecular complexity index is 1350. The minimum atomic E-state index is -1.22. The standard InChI is InChI=1S/3C10H17N3O6S.As/c3*11-5(10(18)19)1-2-7(14)13-6(4-20)9(17)12-3-8(15)16;/h3*5-6,20H,1-4,11H2,(H,12,17)(H,13,14)(H,15,16)(H,18,19);/t3*5-,6-;/m000./s1. The monoisotopic (exact) mass is 996 g/mol. The van der Waals surface area contributed by atoms with Gasteiger partial charge in [-0.05, 0) is 19.3 Å². The van der Waals surface area contributed by atoms with Gasteiger partial charge in [-0.25, -0.2) is 0 Å². The van der Waals surface area contributed by atoms with Crippen molar-refractivity contribution in [3.05, 3.63) is 0 Å². The van der Waals surface area contributed by atoms with Crippen LogP contribution >= 0.6 is 37.9 Å². The van der Waals surface area contributed by atoms with Crippen molar-refractivity contribution in [3.8, 4) is 0 Å². The van der Waals surface area contributed by atoms with Gasteiger partial charge in [0, 0.05) is 54.5 Å². The third kappa shape index (κ3) is 34.5. The van der Waals surface area contributed by atoms with Crippen LogP contribution in [0.1, 0.15) is 38.5 Å². The van der Waals surface area contributed by atoms with E-state index in [0.29, 0.717) is 0 Å². The van der Waals surface area contributed by atoms with Crippen LogP contribution in [0.5, 0.6) is 0 Å². The van der Waals surface area contributed by atoms with Gasteiger partial charge in [0.2, 0.25) is 35.4 Å². The molecule has 0 aromatic rings. The Morgan fingerprint density at radius 3 is 0.754 bits per heavy atom. The average Bonchev–Trinajstić information content (AvgIpc) is 3.18. The third-order valence-electron chi connectivity index (χ3n) is 6.74. The Labute approximate surface area is 374 Å². The Morgan fingerprint density at radius 1 is 0.410 bits per heavy atom. The predicted octanol–water partition coefficient (Wildman–Crippen LogP) is -7.00. The maximum absolute atomic E-state index is 11.5. The summed E-state index contributed by atoms with van der Waals surface area (Å²) in [6.45, 7) is -1.70. The largest absolute Gasteiger partial charge is 0.480 e. The van der Waals surface area contributed by atoms with Gasteiger partial charge in [-0.15, -0.1) is 0 Å². The number of carboxylic acid groups (broad SMARTS) is 6. The second-order valence-corrected chi connectivity index (χ2v) is 12.8. The van der Waals surface area contributed by atoms with Crippen LogP contribution in [0.4, 0.5) is 0 Å². The van der Waals surface area contributed by atoms with Crippen LogP contribution < -0.4 is 49.1 Å². The molecule has 6 atom stereocenters. The number of nitrogens with two attached hydrogens (primary N) is 3. The first-order valence-corrected chi connectivity index (χ1v) is 18.9. The first-order chi connectivity index (χ1) is 27.8. The molecule has 0 saturated carbocycles. The Morgan fingerprint density at radius 2 is 0.607 bits per heavy atom. The molecule has 3 radical (unpaired) electrons. The second kappa shape index (κ2) is 35.8. The normalized spacial score (nSPS) is 12.9. The van der Waals surface area contributed by atoms with Crippen LogP contribution in [0.2, 0.25) is 0 Å². The molecule has 0 aliphatic carbocycles. The molecule has 27 nitrogen and oxygen atoms in total. The fraction of sp³-hybridized carbons (Fsp3) is 0.600. The zero-order valence-corrected chi connectivity index (χ0v) is 36.6. The van der Waals surface area contributed by atoms with Gasteiger partial charge in [-0.3, -0.25) is 57.5 Å². The smallest absolute Gasteiger partial charge is 0.322 e. The molecule has 347 valence electrons. The van der Waals surface area contributed by atoms with E-state index in [4.69, 9.17) is 47.8 Å². The van der Waals surface area contributed by atoms with Gasteiger partial charge >= 0.3 is 35.8 Å². The van der Waals surface area contributed by atoms with Gasteiger partial charge in [-0.1, -0.05) is 0 Å². The molecule has 0 rings (SSSR count). The van der Waals surface area contributed by atoms with Crippen molar-refractivity contribution >= 4 is 127 Å². The number of hydrogen-bond donors (Lipinski definition) is 18. The van der Waals surface area contributed by atoms with Crippen molar-refractivity contribution in [1.82, 2.24) is 31.9 Å². The molecule has 0 unspecified atom stereocenters. The van der Waals surface area contributed by atoms with Crippen molar-refractivity contribution in [1.29, 1.82) is 0 Å². The summed E-state index contributed by atoms with van der Waals surface area (Å²) >= 11 is 11.6. The number of amides is 6. The molecule has 0 heterocycles. The van der Waals surface area contributed by atoms with Crippen LogP contribution in [0.25, 0.3) is 0 Å². The second-order valence-electron chi connectivity index (χ2n) is 11.7. The Balaban J connectivity index is -0.000000396. The summed E-state index contributed by atoms with van der Waals surface area (Å²) in [5, 5.41) is 64.1. The SMILES string of the molecule is N[C@@H](CCC(=O)N[C@@H](CS)C(=O)NCC(=O)O)C(=O)O.N[C@@H](CCC(=O)N[C@@H](CS)C(=O)NCC(=O)O)C(=O)O.N[C@@H](CCC(=O)N[C@@H](CS)C(=O)NCC(=O)O)C(=O)O.[As]. The summed E-state index contributed by atoms with van der Waals surface area (Å²) in [6.07, 6.45) is -0.705. The molecule has 6 amide bonds. The maximum Gasteiger partial charge on any atom is 0.322 e. The summed E-state index contributed by atoms with van der Waals surface area (Å²) in [6, 6.07) is -6.45. The first kappa shape index (κ1) is 62.8. The number of nitrogens with one attached hydrogen (secondary N) is 6. The van der Waals surface area contributed by atoms with Crippen molar-refractivity contribution in [2.75, 3.05) is 36.9 Å². The van der Waals surface area contributed by atoms with E-state index >= 15 is 0 Å². The maximum atomic E-state index is 11.5. The minimum Gasteiger partial charge on any atom is -0.480 e. The number of thiol groups is 3. The molecule has 0 fully saturated rings. The van der Waals surface area contributed by atoms with Gasteiger partial charge in [0.05, 0.1) is 0 Å². The summed E-state index contributed by atoms with van der Waals surface area (Å²) in [7, 11) is 0. The molecule has 61 heavy (non-hydrogen) atoms. The molecule has 0 aromatic carbocycles. The molecule has 0 aromatic heterocycles. The quantitative estimate of drug-likeness (QED) is 0.0269. The van der Waals surface area contributed by atoms with Gasteiger partial charge in [-0.2, -0.15) is 37.9 Å². The number of carbonyl (C=O) groups is 12. The molecular formula is C30H51AsN9O18S3. The Hall–Kier alpha value is -4.87. The van der Waals surface area contributed by atoms with Crippen molar-refractivity contribution < 1.29 is 88.2 Å². The number of aliphatic carboxylic acids is 6. The summed E-state index contributed by atoms with van der Waals surface area (Å²) in [4.78, 5) is 131. The molecular weight excluding hydrogens is 945 g/mol. The number of carbonyl (C=O) groups excluding carboxylic acids is 6. The van der Waals surface area contributed by atoms with Crippen LogP contribution in [0.15, 0.2) is 0 Å². The van der Waals surface area contributed by atoms with E-state index in [1.54, 1.807) is 0 Å². The topological polar surface area (TPSA) is 476 Å². The molecule has 0 aliphatic rings. The van der Waals surface area contributed by atoms with E-state index in [1.807, 2.05) is 0 Å². The van der Waals surface area contributed by atoms with E-state index < -0.39 is 127 Å². The van der Waals surface area contributed by atoms with Crippen molar-refractivity contribution in [2.45, 2.75) is 74.8 Å². The summed E-state index contributed by atoms with van der Waals surface area (Å²) in [5.41, 5.74) is 15.7. The van der Waals surface area contributed by atoms with Gasteiger partial charge < -0.3 is 79.7 Å². The molecule has 0 saturated heterocycles. The predicted molar refractivity (Wildman–Crippen MR) is 220 cm³/mol. The van der Waals surface area contributed by atoms with Crippen LogP contribution in [-0.4, -0.2) is 193 Å². The van der Waals surface area contributed by atoms with E-state index in [2.05, 4.69) is 69.8 Å². The molecule has 18 N–H and O–H groups in total. The van der Waals surface area contributed by atoms with E-state index in [0.717, 1.165) is 0 Å². The van der Waals surface area contributed by atoms with Gasteiger partial charge in [0.15, 0.2) is 0 Å². The Kier molecular flexibility index (Phi) is 36.9. The van der Waals surface area contributed by atoms with Crippen LogP contribution in [0, 0.1) is 0 Å². The van der Waals surface area contributed by atoms with Crippen molar-refractivity contribution in [2.24, 2.45) is 17.2 Å². The van der Waals surface area contributed by atoms with Crippen LogP contribution in [-0.2, 0) is 57.5 Å². The van der Waals surface area contributed by atoms with E-state index in [1.165, 1.54) is 0 Å². The molecule has 0 spiro atoms. The molecule has 0 aliphatic heterocycles. The zero-order valence-electron chi connectivity index (χ0n) is 32.1. The fourth-order valence-electron chi connectivity index (χ4n) is 3.47. The van der Waals surface area contributed by atoms with Gasteiger partial charge in [0.1, 0.15) is 55.9 Å². The zero-order chi connectivity index (χ0) is 47.1. The molecule has 31 heteroatoms. The summed E-state index contributed by atoms with van der Waals surface area (Å²) < 4.78 is 0. The van der Waals surface area contributed by atoms with E-state index in [-0.39, 0.29) is 73.7 Å².